The zero-order valence-corrected chi connectivity index (χ0v) is 7.84. The molecule has 0 bridgehead atoms. The van der Waals surface area contributed by atoms with Crippen molar-refractivity contribution in [3.63, 3.8) is 0 Å². The van der Waals surface area contributed by atoms with E-state index in [2.05, 4.69) is 4.74 Å². The van der Waals surface area contributed by atoms with Crippen LogP contribution >= 0.6 is 0 Å². The molecule has 6 nitrogen and oxygen atoms in total. The standard InChI is InChI=1S/C8H13NO5/c1-2-14-8(13)9-4-3-5(10)6(9)7(11)12/h5-6,10H,2-4H2,1H3,(H,11,12)/t5-,6-/m0/s1. The van der Waals surface area contributed by atoms with Crippen LogP contribution < -0.4 is 0 Å². The van der Waals surface area contributed by atoms with Crippen LogP contribution in [0, 0.1) is 0 Å². The normalized spacial score (nSPS) is 26.3. The minimum atomic E-state index is -1.21. The van der Waals surface area contributed by atoms with Crippen molar-refractivity contribution < 1.29 is 24.5 Å². The van der Waals surface area contributed by atoms with Gasteiger partial charge in [0.2, 0.25) is 0 Å². The van der Waals surface area contributed by atoms with Crippen molar-refractivity contribution in [2.75, 3.05) is 13.2 Å². The van der Waals surface area contributed by atoms with Gasteiger partial charge in [0, 0.05) is 6.54 Å². The van der Waals surface area contributed by atoms with Crippen LogP contribution in [0.4, 0.5) is 4.79 Å². The first-order valence-corrected chi connectivity index (χ1v) is 4.42. The summed E-state index contributed by atoms with van der Waals surface area (Å²) < 4.78 is 4.67. The predicted octanol–water partition coefficient (Wildman–Crippen LogP) is -0.337. The Labute approximate surface area is 81.1 Å². The molecule has 0 aromatic heterocycles. The van der Waals surface area contributed by atoms with E-state index in [0.29, 0.717) is 0 Å². The second-order valence-corrected chi connectivity index (χ2v) is 3.03. The van der Waals surface area contributed by atoms with E-state index in [-0.39, 0.29) is 19.6 Å². The maximum absolute atomic E-state index is 11.2. The molecule has 0 saturated carbocycles. The molecule has 1 aliphatic heterocycles. The van der Waals surface area contributed by atoms with Crippen molar-refractivity contribution in [3.8, 4) is 0 Å². The fourth-order valence-corrected chi connectivity index (χ4v) is 1.49. The summed E-state index contributed by atoms with van der Waals surface area (Å²) >= 11 is 0. The molecule has 0 radical (unpaired) electrons. The molecule has 2 N–H and O–H groups in total. The number of aliphatic hydroxyl groups excluding tert-OH is 1. The van der Waals surface area contributed by atoms with Crippen LogP contribution in [0.15, 0.2) is 0 Å². The molecule has 0 aromatic carbocycles. The Morgan fingerprint density at radius 2 is 2.21 bits per heavy atom. The topological polar surface area (TPSA) is 87.1 Å². The van der Waals surface area contributed by atoms with Gasteiger partial charge in [-0.1, -0.05) is 0 Å². The van der Waals surface area contributed by atoms with Gasteiger partial charge in [0.1, 0.15) is 0 Å². The van der Waals surface area contributed by atoms with Gasteiger partial charge in [-0.15, -0.1) is 0 Å². The molecule has 2 atom stereocenters. The van der Waals surface area contributed by atoms with Gasteiger partial charge in [0.05, 0.1) is 12.7 Å². The Balaban J connectivity index is 2.69. The van der Waals surface area contributed by atoms with E-state index in [1.54, 1.807) is 6.92 Å². The second-order valence-electron chi connectivity index (χ2n) is 3.03. The summed E-state index contributed by atoms with van der Waals surface area (Å²) in [5, 5.41) is 18.1. The van der Waals surface area contributed by atoms with Crippen molar-refractivity contribution in [3.05, 3.63) is 0 Å². The molecule has 0 spiro atoms. The number of hydrogen-bond acceptors (Lipinski definition) is 4. The average Bonchev–Trinajstić information content (AvgIpc) is 2.47. The molecule has 1 saturated heterocycles. The lowest BCUT2D eigenvalue weighted by molar-refractivity contribution is -0.144. The Hall–Kier alpha value is -1.30. The molecule has 80 valence electrons. The number of nitrogens with zero attached hydrogens (tertiary/aromatic N) is 1. The SMILES string of the molecule is CCOC(=O)N1CC[C@H](O)[C@H]1C(=O)O. The van der Waals surface area contributed by atoms with Crippen LogP contribution in [0.2, 0.25) is 0 Å². The zero-order chi connectivity index (χ0) is 10.7. The summed E-state index contributed by atoms with van der Waals surface area (Å²) in [6, 6.07) is -1.17. The summed E-state index contributed by atoms with van der Waals surface area (Å²) in [6.07, 6.45) is -1.41. The summed E-state index contributed by atoms with van der Waals surface area (Å²) in [4.78, 5) is 23.0. The molecule has 14 heavy (non-hydrogen) atoms. The zero-order valence-electron chi connectivity index (χ0n) is 7.84. The van der Waals surface area contributed by atoms with Gasteiger partial charge in [-0.05, 0) is 13.3 Å². The third-order valence-electron chi connectivity index (χ3n) is 2.12. The first-order chi connectivity index (χ1) is 6.57. The van der Waals surface area contributed by atoms with Crippen molar-refractivity contribution in [2.45, 2.75) is 25.5 Å². The molecule has 0 aromatic rings. The Morgan fingerprint density at radius 3 is 2.71 bits per heavy atom. The monoisotopic (exact) mass is 203 g/mol. The molecule has 1 aliphatic rings. The highest BCUT2D eigenvalue weighted by Crippen LogP contribution is 2.19. The average molecular weight is 203 g/mol. The van der Waals surface area contributed by atoms with Crippen LogP contribution in [-0.4, -0.2) is 52.5 Å². The van der Waals surface area contributed by atoms with Crippen LogP contribution in [0.3, 0.4) is 0 Å². The number of aliphatic carboxylic acids is 1. The Morgan fingerprint density at radius 1 is 1.57 bits per heavy atom. The molecule has 6 heteroatoms. The number of likely N-dealkylation sites (tertiary alicyclic amines) is 1. The maximum Gasteiger partial charge on any atom is 0.410 e. The number of hydrogen-bond donors (Lipinski definition) is 2. The number of rotatable bonds is 2. The van der Waals surface area contributed by atoms with Gasteiger partial charge in [-0.2, -0.15) is 0 Å². The fourth-order valence-electron chi connectivity index (χ4n) is 1.49. The van der Waals surface area contributed by atoms with E-state index in [9.17, 15) is 14.7 Å². The van der Waals surface area contributed by atoms with Crippen molar-refractivity contribution in [1.82, 2.24) is 4.90 Å². The lowest BCUT2D eigenvalue weighted by Crippen LogP contribution is -2.45. The summed E-state index contributed by atoms with van der Waals surface area (Å²) in [5.74, 6) is -1.21. The van der Waals surface area contributed by atoms with E-state index in [1.807, 2.05) is 0 Å². The molecule has 1 rings (SSSR count). The van der Waals surface area contributed by atoms with Crippen molar-refractivity contribution >= 4 is 12.1 Å². The number of carbonyl (C=O) groups excluding carboxylic acids is 1. The number of carboxylic acid groups (broad SMARTS) is 1. The highest BCUT2D eigenvalue weighted by molar-refractivity contribution is 5.81. The Bertz CT molecular complexity index is 242. The fraction of sp³-hybridized carbons (Fsp3) is 0.750. The first-order valence-electron chi connectivity index (χ1n) is 4.42. The maximum atomic E-state index is 11.2. The summed E-state index contributed by atoms with van der Waals surface area (Å²) in [5.41, 5.74) is 0. The first kappa shape index (κ1) is 10.8. The summed E-state index contributed by atoms with van der Waals surface area (Å²) in [7, 11) is 0. The smallest absolute Gasteiger partial charge is 0.410 e. The van der Waals surface area contributed by atoms with E-state index in [4.69, 9.17) is 5.11 Å². The second kappa shape index (κ2) is 4.28. The van der Waals surface area contributed by atoms with Gasteiger partial charge in [-0.3, -0.25) is 4.90 Å². The molecular weight excluding hydrogens is 190 g/mol. The number of amides is 1. The van der Waals surface area contributed by atoms with E-state index in [0.717, 1.165) is 4.90 Å². The number of aliphatic hydroxyl groups is 1. The molecule has 0 unspecified atom stereocenters. The Kier molecular flexibility index (Phi) is 3.29. The highest BCUT2D eigenvalue weighted by Gasteiger charge is 2.41. The van der Waals surface area contributed by atoms with Gasteiger partial charge in [-0.25, -0.2) is 9.59 Å². The van der Waals surface area contributed by atoms with Crippen LogP contribution in [-0.2, 0) is 9.53 Å². The minimum absolute atomic E-state index is 0.192. The number of ether oxygens (including phenoxy) is 1. The van der Waals surface area contributed by atoms with Crippen molar-refractivity contribution in [2.24, 2.45) is 0 Å². The van der Waals surface area contributed by atoms with Crippen LogP contribution in [0.5, 0.6) is 0 Å². The van der Waals surface area contributed by atoms with E-state index >= 15 is 0 Å². The van der Waals surface area contributed by atoms with Gasteiger partial charge in [0.25, 0.3) is 0 Å². The molecule has 0 aliphatic carbocycles. The van der Waals surface area contributed by atoms with Gasteiger partial charge < -0.3 is 14.9 Å². The molecular formula is C8H13NO5. The third kappa shape index (κ3) is 1.95. The van der Waals surface area contributed by atoms with Crippen molar-refractivity contribution in [1.29, 1.82) is 0 Å². The molecule has 1 amide bonds. The lowest BCUT2D eigenvalue weighted by atomic mass is 10.2. The number of carboxylic acids is 1. The highest BCUT2D eigenvalue weighted by atomic mass is 16.6. The largest absolute Gasteiger partial charge is 0.480 e. The van der Waals surface area contributed by atoms with Crippen LogP contribution in [0.1, 0.15) is 13.3 Å². The molecule has 1 heterocycles. The number of carbonyl (C=O) groups is 2. The minimum Gasteiger partial charge on any atom is -0.480 e. The predicted molar refractivity (Wildman–Crippen MR) is 45.8 cm³/mol. The van der Waals surface area contributed by atoms with E-state index < -0.39 is 24.2 Å². The quantitative estimate of drug-likeness (QED) is 0.641. The lowest BCUT2D eigenvalue weighted by Gasteiger charge is -2.21. The van der Waals surface area contributed by atoms with Gasteiger partial charge >= 0.3 is 12.1 Å². The van der Waals surface area contributed by atoms with E-state index in [1.165, 1.54) is 0 Å². The van der Waals surface area contributed by atoms with Gasteiger partial charge in [0.15, 0.2) is 6.04 Å². The summed E-state index contributed by atoms with van der Waals surface area (Å²) in [6.45, 7) is 2.05. The third-order valence-corrected chi connectivity index (χ3v) is 2.12. The molecule has 1 fully saturated rings. The van der Waals surface area contributed by atoms with Crippen LogP contribution in [0.25, 0.3) is 0 Å².